The number of hydrogen-bond donors (Lipinski definition) is 1. The predicted molar refractivity (Wildman–Crippen MR) is 59.2 cm³/mol. The summed E-state index contributed by atoms with van der Waals surface area (Å²) in [7, 11) is 0. The van der Waals surface area contributed by atoms with Crippen molar-refractivity contribution >= 4 is 11.6 Å². The van der Waals surface area contributed by atoms with Crippen molar-refractivity contribution < 1.29 is 9.47 Å². The van der Waals surface area contributed by atoms with E-state index in [1.807, 2.05) is 12.1 Å². The minimum atomic E-state index is -0.455. The zero-order valence-electron chi connectivity index (χ0n) is 8.78. The van der Waals surface area contributed by atoms with Gasteiger partial charge >= 0.3 is 0 Å². The first kappa shape index (κ1) is 10.5. The van der Waals surface area contributed by atoms with Crippen molar-refractivity contribution in [2.45, 2.75) is 18.1 Å². The first-order valence-corrected chi connectivity index (χ1v) is 5.78. The van der Waals surface area contributed by atoms with Gasteiger partial charge in [-0.05, 0) is 25.1 Å². The number of piperidine rings is 1. The molecule has 0 unspecified atom stereocenters. The van der Waals surface area contributed by atoms with Crippen LogP contribution in [-0.2, 0) is 15.1 Å². The maximum Gasteiger partial charge on any atom is 0.148 e. The standard InChI is InChI=1S/C11H13ClN2O2/c12-8-2-1-4-14-10(8)11-3-5-13-6-9(11)15-7-16-11/h1-2,4,9,13H,3,5-7H2/t9-,11+/m1/s1. The zero-order valence-corrected chi connectivity index (χ0v) is 9.54. The van der Waals surface area contributed by atoms with Gasteiger partial charge in [0.05, 0.1) is 10.7 Å². The van der Waals surface area contributed by atoms with Gasteiger partial charge in [0, 0.05) is 12.7 Å². The Morgan fingerprint density at radius 2 is 2.50 bits per heavy atom. The van der Waals surface area contributed by atoms with Crippen molar-refractivity contribution in [3.05, 3.63) is 29.0 Å². The smallest absolute Gasteiger partial charge is 0.148 e. The minimum Gasteiger partial charge on any atom is -0.347 e. The second-order valence-corrected chi connectivity index (χ2v) is 4.50. The molecule has 3 heterocycles. The van der Waals surface area contributed by atoms with E-state index in [1.165, 1.54) is 0 Å². The molecule has 0 aromatic carbocycles. The lowest BCUT2D eigenvalue weighted by molar-refractivity contribution is -0.0298. The molecular formula is C11H13ClN2O2. The van der Waals surface area contributed by atoms with Gasteiger partial charge in [-0.25, -0.2) is 0 Å². The monoisotopic (exact) mass is 240 g/mol. The van der Waals surface area contributed by atoms with Crippen LogP contribution < -0.4 is 5.32 Å². The Labute approximate surface area is 98.9 Å². The Kier molecular flexibility index (Phi) is 2.59. The molecule has 1 aromatic heterocycles. The number of aromatic nitrogens is 1. The summed E-state index contributed by atoms with van der Waals surface area (Å²) in [4.78, 5) is 4.37. The number of rotatable bonds is 1. The van der Waals surface area contributed by atoms with E-state index in [1.54, 1.807) is 6.20 Å². The molecule has 1 N–H and O–H groups in total. The molecule has 0 radical (unpaired) electrons. The van der Waals surface area contributed by atoms with Gasteiger partial charge in [0.25, 0.3) is 0 Å². The van der Waals surface area contributed by atoms with E-state index in [-0.39, 0.29) is 6.10 Å². The molecule has 2 aliphatic rings. The molecular weight excluding hydrogens is 228 g/mol. The predicted octanol–water partition coefficient (Wildman–Crippen LogP) is 1.30. The molecule has 1 aromatic rings. The summed E-state index contributed by atoms with van der Waals surface area (Å²) in [6, 6.07) is 3.67. The second-order valence-electron chi connectivity index (χ2n) is 4.09. The number of nitrogens with one attached hydrogen (secondary N) is 1. The van der Waals surface area contributed by atoms with Crippen LogP contribution in [0.4, 0.5) is 0 Å². The lowest BCUT2D eigenvalue weighted by Crippen LogP contribution is -2.50. The summed E-state index contributed by atoms with van der Waals surface area (Å²) in [5, 5.41) is 3.95. The average molecular weight is 241 g/mol. The molecule has 5 heteroatoms. The van der Waals surface area contributed by atoms with Gasteiger partial charge in [0.15, 0.2) is 0 Å². The number of fused-ring (bicyclic) bond motifs is 1. The molecule has 0 saturated carbocycles. The highest BCUT2D eigenvalue weighted by atomic mass is 35.5. The van der Waals surface area contributed by atoms with Gasteiger partial charge in [-0.15, -0.1) is 0 Å². The molecule has 2 atom stereocenters. The molecule has 3 rings (SSSR count). The van der Waals surface area contributed by atoms with Crippen LogP contribution in [0, 0.1) is 0 Å². The summed E-state index contributed by atoms with van der Waals surface area (Å²) in [5.41, 5.74) is 0.351. The third kappa shape index (κ3) is 1.45. The maximum absolute atomic E-state index is 6.20. The molecule has 16 heavy (non-hydrogen) atoms. The Hall–Kier alpha value is -0.680. The Morgan fingerprint density at radius 1 is 1.56 bits per heavy atom. The number of halogens is 1. The Morgan fingerprint density at radius 3 is 3.38 bits per heavy atom. The van der Waals surface area contributed by atoms with E-state index in [0.717, 1.165) is 25.2 Å². The van der Waals surface area contributed by atoms with E-state index < -0.39 is 5.60 Å². The van der Waals surface area contributed by atoms with E-state index in [4.69, 9.17) is 21.1 Å². The topological polar surface area (TPSA) is 43.4 Å². The van der Waals surface area contributed by atoms with Crippen molar-refractivity contribution in [1.82, 2.24) is 10.3 Å². The summed E-state index contributed by atoms with van der Waals surface area (Å²) in [6.07, 6.45) is 2.60. The molecule has 2 aliphatic heterocycles. The molecule has 2 fully saturated rings. The van der Waals surface area contributed by atoms with Crippen LogP contribution in [-0.4, -0.2) is 31.0 Å². The van der Waals surface area contributed by atoms with E-state index in [2.05, 4.69) is 10.3 Å². The van der Waals surface area contributed by atoms with E-state index in [0.29, 0.717) is 11.8 Å². The summed E-state index contributed by atoms with van der Waals surface area (Å²) >= 11 is 6.20. The quantitative estimate of drug-likeness (QED) is 0.804. The normalized spacial score (nSPS) is 33.7. The van der Waals surface area contributed by atoms with Gasteiger partial charge < -0.3 is 14.8 Å². The second kappa shape index (κ2) is 3.96. The zero-order chi connectivity index (χ0) is 11.0. The van der Waals surface area contributed by atoms with Crippen molar-refractivity contribution in [1.29, 1.82) is 0 Å². The van der Waals surface area contributed by atoms with Gasteiger partial charge in [-0.3, -0.25) is 4.98 Å². The average Bonchev–Trinajstić information content (AvgIpc) is 2.74. The maximum atomic E-state index is 6.20. The molecule has 0 amide bonds. The molecule has 86 valence electrons. The van der Waals surface area contributed by atoms with Crippen LogP contribution in [0.25, 0.3) is 0 Å². The van der Waals surface area contributed by atoms with Crippen LogP contribution in [0.2, 0.25) is 5.02 Å². The van der Waals surface area contributed by atoms with Crippen LogP contribution in [0.5, 0.6) is 0 Å². The van der Waals surface area contributed by atoms with Gasteiger partial charge in [-0.1, -0.05) is 11.6 Å². The van der Waals surface area contributed by atoms with Crippen LogP contribution in [0.1, 0.15) is 12.1 Å². The van der Waals surface area contributed by atoms with E-state index >= 15 is 0 Å². The van der Waals surface area contributed by atoms with Crippen LogP contribution >= 0.6 is 11.6 Å². The highest BCUT2D eigenvalue weighted by molar-refractivity contribution is 6.31. The van der Waals surface area contributed by atoms with Crippen molar-refractivity contribution in [3.63, 3.8) is 0 Å². The number of ether oxygens (including phenoxy) is 2. The lowest BCUT2D eigenvalue weighted by Gasteiger charge is -2.36. The molecule has 2 saturated heterocycles. The molecule has 0 bridgehead atoms. The highest BCUT2D eigenvalue weighted by Crippen LogP contribution is 2.42. The summed E-state index contributed by atoms with van der Waals surface area (Å²) in [6.45, 7) is 2.00. The third-order valence-corrected chi connectivity index (χ3v) is 3.57. The summed E-state index contributed by atoms with van der Waals surface area (Å²) < 4.78 is 11.4. The fourth-order valence-corrected chi connectivity index (χ4v) is 2.73. The fraction of sp³-hybridized carbons (Fsp3) is 0.545. The van der Waals surface area contributed by atoms with Gasteiger partial charge in [0.2, 0.25) is 0 Å². The van der Waals surface area contributed by atoms with Gasteiger partial charge in [-0.2, -0.15) is 0 Å². The lowest BCUT2D eigenvalue weighted by atomic mass is 9.86. The van der Waals surface area contributed by atoms with Crippen molar-refractivity contribution in [2.75, 3.05) is 19.9 Å². The largest absolute Gasteiger partial charge is 0.347 e. The Bertz CT molecular complexity index is 401. The van der Waals surface area contributed by atoms with Crippen LogP contribution in [0.3, 0.4) is 0 Å². The highest BCUT2D eigenvalue weighted by Gasteiger charge is 2.50. The van der Waals surface area contributed by atoms with Gasteiger partial charge in [0.1, 0.15) is 18.5 Å². The third-order valence-electron chi connectivity index (χ3n) is 3.27. The Balaban J connectivity index is 2.05. The SMILES string of the molecule is Clc1cccnc1[C@]12CCNC[C@H]1OCO2. The first-order valence-electron chi connectivity index (χ1n) is 5.40. The van der Waals surface area contributed by atoms with Crippen molar-refractivity contribution in [2.24, 2.45) is 0 Å². The molecule has 0 spiro atoms. The number of nitrogens with zero attached hydrogens (tertiary/aromatic N) is 1. The first-order chi connectivity index (χ1) is 7.83. The van der Waals surface area contributed by atoms with Crippen molar-refractivity contribution in [3.8, 4) is 0 Å². The van der Waals surface area contributed by atoms with E-state index in [9.17, 15) is 0 Å². The minimum absolute atomic E-state index is 0.00801. The molecule has 4 nitrogen and oxygen atoms in total. The number of pyridine rings is 1. The fourth-order valence-electron chi connectivity index (χ4n) is 2.45. The molecule has 0 aliphatic carbocycles. The van der Waals surface area contributed by atoms with Crippen LogP contribution in [0.15, 0.2) is 18.3 Å². The summed E-state index contributed by atoms with van der Waals surface area (Å²) in [5.74, 6) is 0. The number of hydrogen-bond acceptors (Lipinski definition) is 4.